The molecule has 7 nitrogen and oxygen atoms in total. The van der Waals surface area contributed by atoms with E-state index in [4.69, 9.17) is 0 Å². The number of carbonyl (C=O) groups excluding carboxylic acids is 2. The summed E-state index contributed by atoms with van der Waals surface area (Å²) in [5, 5.41) is 4.34. The van der Waals surface area contributed by atoms with E-state index in [9.17, 15) is 18.0 Å². The van der Waals surface area contributed by atoms with E-state index < -0.39 is 22.0 Å². The minimum atomic E-state index is -3.76. The molecule has 0 saturated heterocycles. The Morgan fingerprint density at radius 2 is 2.00 bits per heavy atom. The molecule has 136 valence electrons. The second-order valence-electron chi connectivity index (χ2n) is 5.82. The van der Waals surface area contributed by atoms with Crippen molar-refractivity contribution in [2.45, 2.75) is 37.4 Å². The lowest BCUT2D eigenvalue weighted by Gasteiger charge is -2.26. The van der Waals surface area contributed by atoms with Crippen LogP contribution in [0.2, 0.25) is 0 Å². The van der Waals surface area contributed by atoms with Crippen molar-refractivity contribution in [2.24, 2.45) is 5.92 Å². The van der Waals surface area contributed by atoms with Crippen LogP contribution < -0.4 is 10.0 Å². The molecule has 24 heavy (non-hydrogen) atoms. The average molecular weight is 376 g/mol. The molecule has 1 aromatic rings. The van der Waals surface area contributed by atoms with E-state index >= 15 is 0 Å². The molecular weight excluding hydrogens is 350 g/mol. The van der Waals surface area contributed by atoms with Crippen LogP contribution in [-0.4, -0.2) is 51.3 Å². The van der Waals surface area contributed by atoms with E-state index in [1.807, 2.05) is 6.92 Å². The normalized spacial score (nSPS) is 12.9. The highest BCUT2D eigenvalue weighted by molar-refractivity contribution is 7.91. The standard InChI is InChI=1S/C15H25N3O4S2/c1-5-8-16-12(19)10-18(4)15(20)14(11(2)3)17-24(21,22)13-7-6-9-23-13/h6-7,9,11,14,17H,5,8,10H2,1-4H3,(H,16,19). The summed E-state index contributed by atoms with van der Waals surface area (Å²) in [5.41, 5.74) is 0. The SMILES string of the molecule is CCCNC(=O)CN(C)C(=O)C(NS(=O)(=O)c1cccs1)C(C)C. The topological polar surface area (TPSA) is 95.6 Å². The van der Waals surface area contributed by atoms with E-state index in [1.165, 1.54) is 18.0 Å². The molecule has 2 amide bonds. The maximum atomic E-state index is 12.6. The molecule has 9 heteroatoms. The smallest absolute Gasteiger partial charge is 0.250 e. The van der Waals surface area contributed by atoms with Gasteiger partial charge in [0.15, 0.2) is 0 Å². The summed E-state index contributed by atoms with van der Waals surface area (Å²) in [5.74, 6) is -0.957. The van der Waals surface area contributed by atoms with E-state index in [0.29, 0.717) is 6.54 Å². The Morgan fingerprint density at radius 3 is 2.50 bits per heavy atom. The Morgan fingerprint density at radius 1 is 1.33 bits per heavy atom. The summed E-state index contributed by atoms with van der Waals surface area (Å²) in [6.07, 6.45) is 0.804. The zero-order valence-corrected chi connectivity index (χ0v) is 16.0. The lowest BCUT2D eigenvalue weighted by Crippen LogP contribution is -2.51. The molecule has 2 N–H and O–H groups in total. The van der Waals surface area contributed by atoms with Crippen molar-refractivity contribution >= 4 is 33.2 Å². The highest BCUT2D eigenvalue weighted by Crippen LogP contribution is 2.17. The molecule has 0 radical (unpaired) electrons. The number of nitrogens with zero attached hydrogens (tertiary/aromatic N) is 1. The van der Waals surface area contributed by atoms with Crippen LogP contribution >= 0.6 is 11.3 Å². The fourth-order valence-corrected chi connectivity index (χ4v) is 4.31. The number of hydrogen-bond acceptors (Lipinski definition) is 5. The van der Waals surface area contributed by atoms with Crippen LogP contribution in [0.1, 0.15) is 27.2 Å². The first-order chi connectivity index (χ1) is 11.2. The molecule has 0 fully saturated rings. The quantitative estimate of drug-likeness (QED) is 0.674. The van der Waals surface area contributed by atoms with E-state index in [1.54, 1.807) is 25.3 Å². The lowest BCUT2D eigenvalue weighted by molar-refractivity contribution is -0.136. The summed E-state index contributed by atoms with van der Waals surface area (Å²) in [4.78, 5) is 25.5. The summed E-state index contributed by atoms with van der Waals surface area (Å²) in [6, 6.07) is 2.19. The van der Waals surface area contributed by atoms with Gasteiger partial charge in [-0.05, 0) is 23.8 Å². The van der Waals surface area contributed by atoms with Crippen LogP contribution in [0.5, 0.6) is 0 Å². The van der Waals surface area contributed by atoms with Gasteiger partial charge in [0.2, 0.25) is 11.8 Å². The van der Waals surface area contributed by atoms with Crippen molar-refractivity contribution < 1.29 is 18.0 Å². The number of amides is 2. The van der Waals surface area contributed by atoms with E-state index in [-0.39, 0.29) is 22.6 Å². The number of hydrogen-bond donors (Lipinski definition) is 2. The summed E-state index contributed by atoms with van der Waals surface area (Å²) >= 11 is 1.08. The first-order valence-corrected chi connectivity index (χ1v) is 10.1. The molecule has 0 aliphatic rings. The first kappa shape index (κ1) is 20.6. The minimum absolute atomic E-state index is 0.108. The van der Waals surface area contributed by atoms with Gasteiger partial charge in [-0.15, -0.1) is 11.3 Å². The number of likely N-dealkylation sites (N-methyl/N-ethyl adjacent to an activating group) is 1. The Bertz CT molecular complexity index is 642. The zero-order chi connectivity index (χ0) is 18.3. The van der Waals surface area contributed by atoms with Crippen molar-refractivity contribution in [3.8, 4) is 0 Å². The Kier molecular flexibility index (Phi) is 7.85. The van der Waals surface area contributed by atoms with Crippen molar-refractivity contribution in [3.63, 3.8) is 0 Å². The molecule has 1 atom stereocenters. The van der Waals surface area contributed by atoms with Gasteiger partial charge in [0.05, 0.1) is 6.54 Å². The summed E-state index contributed by atoms with van der Waals surface area (Å²) in [6.45, 7) is 5.88. The molecule has 0 aliphatic heterocycles. The highest BCUT2D eigenvalue weighted by atomic mass is 32.2. The Balaban J connectivity index is 2.80. The molecule has 1 heterocycles. The molecular formula is C15H25N3O4S2. The van der Waals surface area contributed by atoms with Gasteiger partial charge in [-0.25, -0.2) is 8.42 Å². The summed E-state index contributed by atoms with van der Waals surface area (Å²) in [7, 11) is -2.27. The van der Waals surface area contributed by atoms with Gasteiger partial charge >= 0.3 is 0 Å². The van der Waals surface area contributed by atoms with Gasteiger partial charge in [-0.1, -0.05) is 26.8 Å². The molecule has 0 aromatic carbocycles. The van der Waals surface area contributed by atoms with Crippen LogP contribution in [0.25, 0.3) is 0 Å². The highest BCUT2D eigenvalue weighted by Gasteiger charge is 2.31. The van der Waals surface area contributed by atoms with Crippen LogP contribution in [0.15, 0.2) is 21.7 Å². The van der Waals surface area contributed by atoms with Crippen molar-refractivity contribution in [1.82, 2.24) is 14.9 Å². The number of sulfonamides is 1. The van der Waals surface area contributed by atoms with Gasteiger partial charge < -0.3 is 10.2 Å². The van der Waals surface area contributed by atoms with Gasteiger partial charge in [0.25, 0.3) is 10.0 Å². The molecule has 0 aliphatic carbocycles. The second kappa shape index (κ2) is 9.14. The zero-order valence-electron chi connectivity index (χ0n) is 14.4. The number of nitrogens with one attached hydrogen (secondary N) is 2. The maximum absolute atomic E-state index is 12.6. The molecule has 1 aromatic heterocycles. The largest absolute Gasteiger partial charge is 0.355 e. The van der Waals surface area contributed by atoms with Gasteiger partial charge in [-0.3, -0.25) is 9.59 Å². The third-order valence-electron chi connectivity index (χ3n) is 3.30. The third kappa shape index (κ3) is 5.88. The van der Waals surface area contributed by atoms with Gasteiger partial charge in [-0.2, -0.15) is 4.72 Å². The Hall–Kier alpha value is -1.45. The van der Waals surface area contributed by atoms with Crippen LogP contribution in [0.3, 0.4) is 0 Å². The number of thiophene rings is 1. The van der Waals surface area contributed by atoms with Crippen LogP contribution in [0.4, 0.5) is 0 Å². The second-order valence-corrected chi connectivity index (χ2v) is 8.71. The predicted molar refractivity (Wildman–Crippen MR) is 94.2 cm³/mol. The fraction of sp³-hybridized carbons (Fsp3) is 0.600. The molecule has 0 saturated carbocycles. The molecule has 1 rings (SSSR count). The number of carbonyl (C=O) groups is 2. The monoisotopic (exact) mass is 375 g/mol. The molecule has 0 spiro atoms. The fourth-order valence-electron chi connectivity index (χ4n) is 1.96. The van der Waals surface area contributed by atoms with Gasteiger partial charge in [0.1, 0.15) is 10.3 Å². The van der Waals surface area contributed by atoms with Crippen molar-refractivity contribution in [1.29, 1.82) is 0 Å². The van der Waals surface area contributed by atoms with Crippen molar-refractivity contribution in [3.05, 3.63) is 17.5 Å². The predicted octanol–water partition coefficient (Wildman–Crippen LogP) is 1.04. The third-order valence-corrected chi connectivity index (χ3v) is 6.14. The van der Waals surface area contributed by atoms with Gasteiger partial charge in [0, 0.05) is 13.6 Å². The van der Waals surface area contributed by atoms with Crippen LogP contribution in [0, 0.1) is 5.92 Å². The van der Waals surface area contributed by atoms with Crippen molar-refractivity contribution in [2.75, 3.05) is 20.1 Å². The average Bonchev–Trinajstić information content (AvgIpc) is 3.04. The summed E-state index contributed by atoms with van der Waals surface area (Å²) < 4.78 is 27.3. The number of rotatable bonds is 9. The minimum Gasteiger partial charge on any atom is -0.355 e. The molecule has 0 bridgehead atoms. The first-order valence-electron chi connectivity index (χ1n) is 7.76. The Labute approximate surface area is 147 Å². The molecule has 1 unspecified atom stereocenters. The maximum Gasteiger partial charge on any atom is 0.250 e. The van der Waals surface area contributed by atoms with E-state index in [0.717, 1.165) is 17.8 Å². The van der Waals surface area contributed by atoms with Crippen LogP contribution in [-0.2, 0) is 19.6 Å². The van der Waals surface area contributed by atoms with E-state index in [2.05, 4.69) is 10.0 Å². The lowest BCUT2D eigenvalue weighted by atomic mass is 10.0.